The molecule has 0 spiro atoms. The van der Waals surface area contributed by atoms with E-state index in [2.05, 4.69) is 12.1 Å². The van der Waals surface area contributed by atoms with Gasteiger partial charge < -0.3 is 10.2 Å². The van der Waals surface area contributed by atoms with E-state index < -0.39 is 11.9 Å². The molecule has 0 aromatic heterocycles. The van der Waals surface area contributed by atoms with Gasteiger partial charge in [0.25, 0.3) is 0 Å². The normalized spacial score (nSPS) is 11.1. The average Bonchev–Trinajstić information content (AvgIpc) is 2.96. The summed E-state index contributed by atoms with van der Waals surface area (Å²) < 4.78 is 0. The number of carboxylic acid groups (broad SMARTS) is 2. The lowest BCUT2D eigenvalue weighted by Gasteiger charge is -2.17. The molecule has 0 aliphatic rings. The third-order valence-corrected chi connectivity index (χ3v) is 7.03. The Bertz CT molecular complexity index is 1750. The first-order valence-corrected chi connectivity index (χ1v) is 12.2. The van der Waals surface area contributed by atoms with E-state index in [1.807, 2.05) is 84.9 Å². The monoisotopic (exact) mass is 494 g/mol. The summed E-state index contributed by atoms with van der Waals surface area (Å²) in [7, 11) is 0. The minimum atomic E-state index is -0.961. The van der Waals surface area contributed by atoms with Gasteiger partial charge in [-0.15, -0.1) is 0 Å². The Morgan fingerprint density at radius 1 is 0.342 bits per heavy atom. The molecular weight excluding hydrogens is 472 g/mol. The predicted octanol–water partition coefficient (Wildman–Crippen LogP) is 8.39. The predicted molar refractivity (Wildman–Crippen MR) is 152 cm³/mol. The van der Waals surface area contributed by atoms with Crippen molar-refractivity contribution in [2.24, 2.45) is 0 Å². The van der Waals surface area contributed by atoms with Gasteiger partial charge in [0.15, 0.2) is 0 Å². The van der Waals surface area contributed by atoms with Crippen LogP contribution in [0.15, 0.2) is 121 Å². The molecule has 6 aromatic rings. The molecule has 0 atom stereocenters. The molecule has 2 N–H and O–H groups in total. The van der Waals surface area contributed by atoms with Gasteiger partial charge in [0.05, 0.1) is 11.1 Å². The summed E-state index contributed by atoms with van der Waals surface area (Å²) in [5.74, 6) is -1.92. The molecule has 6 aromatic carbocycles. The third-order valence-electron chi connectivity index (χ3n) is 7.03. The highest BCUT2D eigenvalue weighted by Crippen LogP contribution is 2.41. The van der Waals surface area contributed by atoms with Gasteiger partial charge in [-0.3, -0.25) is 0 Å². The first kappa shape index (κ1) is 23.2. The number of rotatable bonds is 5. The van der Waals surface area contributed by atoms with Crippen molar-refractivity contribution in [3.05, 3.63) is 132 Å². The largest absolute Gasteiger partial charge is 0.478 e. The summed E-state index contributed by atoms with van der Waals surface area (Å²) >= 11 is 0. The second kappa shape index (κ2) is 9.34. The van der Waals surface area contributed by atoms with Crippen LogP contribution in [0.4, 0.5) is 0 Å². The smallest absolute Gasteiger partial charge is 0.336 e. The summed E-state index contributed by atoms with van der Waals surface area (Å²) in [6.45, 7) is 0. The van der Waals surface area contributed by atoms with Crippen LogP contribution in [0.25, 0.3) is 54.9 Å². The molecule has 38 heavy (non-hydrogen) atoms. The van der Waals surface area contributed by atoms with Crippen molar-refractivity contribution in [2.75, 3.05) is 0 Å². The number of carboxylic acids is 2. The van der Waals surface area contributed by atoms with Crippen molar-refractivity contribution < 1.29 is 19.8 Å². The van der Waals surface area contributed by atoms with Crippen LogP contribution in [0, 0.1) is 0 Å². The van der Waals surface area contributed by atoms with Crippen LogP contribution in [0.2, 0.25) is 0 Å². The Morgan fingerprint density at radius 2 is 0.605 bits per heavy atom. The number of hydrogen-bond donors (Lipinski definition) is 2. The molecule has 0 saturated carbocycles. The fourth-order valence-corrected chi connectivity index (χ4v) is 5.35. The fraction of sp³-hybridized carbons (Fsp3) is 0. The number of aromatic carboxylic acids is 2. The minimum Gasteiger partial charge on any atom is -0.478 e. The molecule has 4 heteroatoms. The number of carbonyl (C=O) groups is 2. The van der Waals surface area contributed by atoms with Gasteiger partial charge in [-0.2, -0.15) is 0 Å². The Hall–Kier alpha value is -5.22. The maximum absolute atomic E-state index is 11.9. The van der Waals surface area contributed by atoms with Crippen molar-refractivity contribution in [1.82, 2.24) is 0 Å². The quantitative estimate of drug-likeness (QED) is 0.252. The molecule has 0 saturated heterocycles. The molecule has 0 fully saturated rings. The minimum absolute atomic E-state index is 0.261. The topological polar surface area (TPSA) is 74.6 Å². The van der Waals surface area contributed by atoms with Crippen LogP contribution in [0.1, 0.15) is 20.7 Å². The highest BCUT2D eigenvalue weighted by molar-refractivity contribution is 6.14. The summed E-state index contributed by atoms with van der Waals surface area (Å²) in [6.07, 6.45) is 0. The van der Waals surface area contributed by atoms with Crippen molar-refractivity contribution in [3.63, 3.8) is 0 Å². The molecule has 6 rings (SSSR count). The second-order valence-electron chi connectivity index (χ2n) is 9.11. The fourth-order valence-electron chi connectivity index (χ4n) is 5.35. The van der Waals surface area contributed by atoms with E-state index in [4.69, 9.17) is 0 Å². The summed E-state index contributed by atoms with van der Waals surface area (Å²) in [4.78, 5) is 23.9. The Balaban J connectivity index is 1.61. The van der Waals surface area contributed by atoms with Crippen LogP contribution >= 0.6 is 0 Å². The first-order valence-electron chi connectivity index (χ1n) is 12.2. The summed E-state index contributed by atoms with van der Waals surface area (Å²) in [6, 6.07) is 38.2. The zero-order valence-corrected chi connectivity index (χ0v) is 20.3. The molecular formula is C34H22O4. The van der Waals surface area contributed by atoms with Crippen molar-refractivity contribution in [3.8, 4) is 33.4 Å². The van der Waals surface area contributed by atoms with Crippen molar-refractivity contribution in [2.45, 2.75) is 0 Å². The standard InChI is InChI=1S/C34H22O4/c35-33(36)31-15-7-5-13-25(31)27-17-19-29(23-11-3-1-9-21(23)27)30-20-18-28(22-10-2-4-12-24(22)30)26-14-6-8-16-32(26)34(37)38/h1-20H,(H,35,36)(H,37,38). The number of hydrogen-bond acceptors (Lipinski definition) is 2. The molecule has 0 aliphatic carbocycles. The molecule has 0 heterocycles. The molecule has 0 radical (unpaired) electrons. The Kier molecular flexibility index (Phi) is 5.70. The number of fused-ring (bicyclic) bond motifs is 2. The van der Waals surface area contributed by atoms with E-state index in [0.29, 0.717) is 11.1 Å². The molecule has 0 unspecified atom stereocenters. The lowest BCUT2D eigenvalue weighted by atomic mass is 9.87. The highest BCUT2D eigenvalue weighted by Gasteiger charge is 2.18. The van der Waals surface area contributed by atoms with Gasteiger partial charge >= 0.3 is 11.9 Å². The zero-order chi connectivity index (χ0) is 26.2. The zero-order valence-electron chi connectivity index (χ0n) is 20.3. The van der Waals surface area contributed by atoms with Crippen LogP contribution in [0.5, 0.6) is 0 Å². The van der Waals surface area contributed by atoms with Crippen LogP contribution < -0.4 is 0 Å². The molecule has 0 amide bonds. The van der Waals surface area contributed by atoms with Gasteiger partial charge in [0, 0.05) is 0 Å². The third kappa shape index (κ3) is 3.80. The molecule has 0 aliphatic heterocycles. The van der Waals surface area contributed by atoms with E-state index in [9.17, 15) is 19.8 Å². The van der Waals surface area contributed by atoms with Gasteiger partial charge in [-0.25, -0.2) is 9.59 Å². The van der Waals surface area contributed by atoms with Crippen LogP contribution in [0.3, 0.4) is 0 Å². The van der Waals surface area contributed by atoms with Gasteiger partial charge in [-0.1, -0.05) is 109 Å². The highest BCUT2D eigenvalue weighted by atomic mass is 16.4. The van der Waals surface area contributed by atoms with Gasteiger partial charge in [0.2, 0.25) is 0 Å². The van der Waals surface area contributed by atoms with E-state index >= 15 is 0 Å². The summed E-state index contributed by atoms with van der Waals surface area (Å²) in [5.41, 5.74) is 5.63. The van der Waals surface area contributed by atoms with Crippen molar-refractivity contribution in [1.29, 1.82) is 0 Å². The second-order valence-corrected chi connectivity index (χ2v) is 9.11. The van der Waals surface area contributed by atoms with Gasteiger partial charge in [-0.05, 0) is 67.1 Å². The van der Waals surface area contributed by atoms with E-state index in [1.165, 1.54) is 0 Å². The SMILES string of the molecule is O=C(O)c1ccccc1-c1ccc(-c2ccc(-c3ccccc3C(=O)O)c3ccccc23)c2ccccc12. The lowest BCUT2D eigenvalue weighted by Crippen LogP contribution is -2.00. The Morgan fingerprint density at radius 3 is 0.921 bits per heavy atom. The van der Waals surface area contributed by atoms with Crippen molar-refractivity contribution >= 4 is 33.5 Å². The summed E-state index contributed by atoms with van der Waals surface area (Å²) in [5, 5.41) is 23.5. The molecule has 4 nitrogen and oxygen atoms in total. The number of benzene rings is 6. The maximum Gasteiger partial charge on any atom is 0.336 e. The van der Waals surface area contributed by atoms with E-state index in [1.54, 1.807) is 24.3 Å². The average molecular weight is 495 g/mol. The van der Waals surface area contributed by atoms with Crippen LogP contribution in [-0.2, 0) is 0 Å². The first-order chi connectivity index (χ1) is 18.5. The molecule has 182 valence electrons. The van der Waals surface area contributed by atoms with E-state index in [0.717, 1.165) is 43.8 Å². The molecule has 0 bridgehead atoms. The lowest BCUT2D eigenvalue weighted by molar-refractivity contribution is 0.0687. The van der Waals surface area contributed by atoms with Gasteiger partial charge in [0.1, 0.15) is 0 Å². The van der Waals surface area contributed by atoms with E-state index in [-0.39, 0.29) is 11.1 Å². The van der Waals surface area contributed by atoms with Crippen LogP contribution in [-0.4, -0.2) is 22.2 Å². The Labute approximate surface area is 219 Å². The maximum atomic E-state index is 11.9.